The van der Waals surface area contributed by atoms with E-state index in [2.05, 4.69) is 92.7 Å². The standard InChI is InChI=1S/C42H28N6/c1-5-19-43-35(15-1)39-25-33(26-40(47-39)36-16-2-6-20-44-36)31-13-9-11-29(23-31)30-12-10-14-32(24-30)34-27-41(37-17-3-7-21-45-37)48-42(28-34)38-18-4-8-22-46-38/h1-28H. The Morgan fingerprint density at radius 3 is 0.792 bits per heavy atom. The smallest absolute Gasteiger partial charge is 0.0900 e. The topological polar surface area (TPSA) is 77.3 Å². The highest BCUT2D eigenvalue weighted by Crippen LogP contribution is 2.34. The molecule has 0 atom stereocenters. The van der Waals surface area contributed by atoms with E-state index in [0.717, 1.165) is 78.9 Å². The van der Waals surface area contributed by atoms with Gasteiger partial charge in [-0.15, -0.1) is 0 Å². The number of aromatic nitrogens is 6. The minimum atomic E-state index is 0.797. The SMILES string of the molecule is c1ccc(-c2cc(-c3cccc(-c4cccc(-c5cc(-c6ccccn6)nc(-c6ccccn6)c5)c4)c3)cc(-c3ccccn3)n2)nc1. The summed E-state index contributed by atoms with van der Waals surface area (Å²) >= 11 is 0. The third-order valence-electron chi connectivity index (χ3n) is 8.09. The highest BCUT2D eigenvalue weighted by Gasteiger charge is 2.13. The molecule has 0 fully saturated rings. The average molecular weight is 617 g/mol. The molecule has 0 N–H and O–H groups in total. The predicted octanol–water partition coefficient (Wildman–Crippen LogP) is 9.73. The van der Waals surface area contributed by atoms with Gasteiger partial charge in [-0.25, -0.2) is 9.97 Å². The van der Waals surface area contributed by atoms with E-state index < -0.39 is 0 Å². The molecule has 0 unspecified atom stereocenters. The van der Waals surface area contributed by atoms with Crippen LogP contribution >= 0.6 is 0 Å². The van der Waals surface area contributed by atoms with Crippen molar-refractivity contribution in [3.8, 4) is 78.9 Å². The maximum Gasteiger partial charge on any atom is 0.0900 e. The summed E-state index contributed by atoms with van der Waals surface area (Å²) in [5, 5.41) is 0. The van der Waals surface area contributed by atoms with Gasteiger partial charge in [-0.1, -0.05) is 60.7 Å². The molecule has 0 aliphatic carbocycles. The molecule has 2 aromatic carbocycles. The van der Waals surface area contributed by atoms with E-state index >= 15 is 0 Å². The Morgan fingerprint density at radius 1 is 0.229 bits per heavy atom. The van der Waals surface area contributed by atoms with Gasteiger partial charge in [0.25, 0.3) is 0 Å². The summed E-state index contributed by atoms with van der Waals surface area (Å²) in [7, 11) is 0. The summed E-state index contributed by atoms with van der Waals surface area (Å²) < 4.78 is 0. The number of pyridine rings is 6. The summed E-state index contributed by atoms with van der Waals surface area (Å²) in [6.45, 7) is 0. The van der Waals surface area contributed by atoms with Gasteiger partial charge >= 0.3 is 0 Å². The third-order valence-corrected chi connectivity index (χ3v) is 8.09. The molecular weight excluding hydrogens is 589 g/mol. The van der Waals surface area contributed by atoms with E-state index in [1.54, 1.807) is 24.8 Å². The molecule has 6 heterocycles. The molecule has 8 aromatic rings. The van der Waals surface area contributed by atoms with Gasteiger partial charge in [0.05, 0.1) is 45.6 Å². The second kappa shape index (κ2) is 13.0. The van der Waals surface area contributed by atoms with Crippen molar-refractivity contribution in [3.63, 3.8) is 0 Å². The molecule has 0 saturated heterocycles. The van der Waals surface area contributed by atoms with Crippen LogP contribution in [0.2, 0.25) is 0 Å². The Kier molecular flexibility index (Phi) is 7.79. The maximum absolute atomic E-state index is 4.94. The van der Waals surface area contributed by atoms with Crippen LogP contribution < -0.4 is 0 Å². The van der Waals surface area contributed by atoms with Crippen molar-refractivity contribution in [1.82, 2.24) is 29.9 Å². The van der Waals surface area contributed by atoms with Gasteiger partial charge in [0.2, 0.25) is 0 Å². The van der Waals surface area contributed by atoms with E-state index in [1.807, 2.05) is 72.8 Å². The lowest BCUT2D eigenvalue weighted by atomic mass is 9.95. The van der Waals surface area contributed by atoms with Crippen molar-refractivity contribution in [2.24, 2.45) is 0 Å². The zero-order valence-corrected chi connectivity index (χ0v) is 25.8. The summed E-state index contributed by atoms with van der Waals surface area (Å²) in [5.41, 5.74) is 12.9. The summed E-state index contributed by atoms with van der Waals surface area (Å²) in [4.78, 5) is 28.2. The Bertz CT molecular complexity index is 2040. The molecule has 0 aliphatic heterocycles. The highest BCUT2D eigenvalue weighted by molar-refractivity contribution is 5.81. The van der Waals surface area contributed by atoms with E-state index in [9.17, 15) is 0 Å². The largest absolute Gasteiger partial charge is 0.255 e. The fraction of sp³-hybridized carbons (Fsp3) is 0. The summed E-state index contributed by atoms with van der Waals surface area (Å²) in [5.74, 6) is 0. The van der Waals surface area contributed by atoms with E-state index in [1.165, 1.54) is 0 Å². The van der Waals surface area contributed by atoms with Gasteiger partial charge in [-0.3, -0.25) is 19.9 Å². The lowest BCUT2D eigenvalue weighted by Crippen LogP contribution is -1.94. The summed E-state index contributed by atoms with van der Waals surface area (Å²) in [6, 6.07) is 49.1. The molecule has 6 nitrogen and oxygen atoms in total. The van der Waals surface area contributed by atoms with Crippen LogP contribution in [0.5, 0.6) is 0 Å². The second-order valence-electron chi connectivity index (χ2n) is 11.3. The molecule has 8 rings (SSSR count). The van der Waals surface area contributed by atoms with Crippen LogP contribution in [0.15, 0.2) is 170 Å². The van der Waals surface area contributed by atoms with Crippen molar-refractivity contribution in [3.05, 3.63) is 170 Å². The third kappa shape index (κ3) is 6.10. The fourth-order valence-electron chi connectivity index (χ4n) is 5.73. The van der Waals surface area contributed by atoms with Crippen LogP contribution in [-0.4, -0.2) is 29.9 Å². The van der Waals surface area contributed by atoms with Crippen molar-refractivity contribution in [2.75, 3.05) is 0 Å². The van der Waals surface area contributed by atoms with Crippen molar-refractivity contribution in [2.45, 2.75) is 0 Å². The van der Waals surface area contributed by atoms with Crippen LogP contribution in [0, 0.1) is 0 Å². The number of hydrogen-bond donors (Lipinski definition) is 0. The average Bonchev–Trinajstić information content (AvgIpc) is 3.19. The Morgan fingerprint density at radius 2 is 0.521 bits per heavy atom. The molecule has 6 heteroatoms. The second-order valence-corrected chi connectivity index (χ2v) is 11.3. The zero-order valence-electron chi connectivity index (χ0n) is 25.8. The van der Waals surface area contributed by atoms with Crippen LogP contribution in [0.25, 0.3) is 78.9 Å². The van der Waals surface area contributed by atoms with Gasteiger partial charge in [0.15, 0.2) is 0 Å². The fourth-order valence-corrected chi connectivity index (χ4v) is 5.73. The van der Waals surface area contributed by atoms with Gasteiger partial charge < -0.3 is 0 Å². The number of rotatable bonds is 7. The first-order chi connectivity index (χ1) is 23.8. The Hall–Kier alpha value is -6.66. The van der Waals surface area contributed by atoms with E-state index in [-0.39, 0.29) is 0 Å². The van der Waals surface area contributed by atoms with Gasteiger partial charge in [-0.2, -0.15) is 0 Å². The monoisotopic (exact) mass is 616 g/mol. The normalized spacial score (nSPS) is 10.9. The number of nitrogens with zero attached hydrogens (tertiary/aromatic N) is 6. The van der Waals surface area contributed by atoms with Crippen LogP contribution in [0.1, 0.15) is 0 Å². The number of hydrogen-bond acceptors (Lipinski definition) is 6. The van der Waals surface area contributed by atoms with Gasteiger partial charge in [0.1, 0.15) is 0 Å². The first kappa shape index (κ1) is 28.8. The summed E-state index contributed by atoms with van der Waals surface area (Å²) in [6.07, 6.45) is 7.16. The molecule has 226 valence electrons. The van der Waals surface area contributed by atoms with E-state index in [4.69, 9.17) is 9.97 Å². The molecule has 6 aromatic heterocycles. The van der Waals surface area contributed by atoms with Gasteiger partial charge in [-0.05, 0) is 118 Å². The Labute approximate surface area is 278 Å². The Balaban J connectivity index is 1.21. The lowest BCUT2D eigenvalue weighted by Gasteiger charge is -2.12. The highest BCUT2D eigenvalue weighted by atomic mass is 14.8. The molecule has 0 radical (unpaired) electrons. The van der Waals surface area contributed by atoms with E-state index in [0.29, 0.717) is 0 Å². The van der Waals surface area contributed by atoms with Crippen LogP contribution in [0.4, 0.5) is 0 Å². The van der Waals surface area contributed by atoms with Crippen molar-refractivity contribution < 1.29 is 0 Å². The number of benzene rings is 2. The lowest BCUT2D eigenvalue weighted by molar-refractivity contribution is 1.22. The molecule has 0 amide bonds. The molecule has 48 heavy (non-hydrogen) atoms. The van der Waals surface area contributed by atoms with Crippen molar-refractivity contribution in [1.29, 1.82) is 0 Å². The first-order valence-corrected chi connectivity index (χ1v) is 15.7. The molecular formula is C42H28N6. The van der Waals surface area contributed by atoms with Gasteiger partial charge in [0, 0.05) is 24.8 Å². The minimum absolute atomic E-state index is 0.797. The molecule has 0 spiro atoms. The van der Waals surface area contributed by atoms with Crippen LogP contribution in [0.3, 0.4) is 0 Å². The minimum Gasteiger partial charge on any atom is -0.255 e. The first-order valence-electron chi connectivity index (χ1n) is 15.7. The maximum atomic E-state index is 4.94. The van der Waals surface area contributed by atoms with Crippen LogP contribution in [-0.2, 0) is 0 Å². The molecule has 0 saturated carbocycles. The quantitative estimate of drug-likeness (QED) is 0.177. The van der Waals surface area contributed by atoms with Crippen molar-refractivity contribution >= 4 is 0 Å². The molecule has 0 aliphatic rings. The zero-order chi connectivity index (χ0) is 32.1. The molecule has 0 bridgehead atoms. The predicted molar refractivity (Wildman–Crippen MR) is 191 cm³/mol.